The molecule has 1 unspecified atom stereocenters. The molecule has 0 radical (unpaired) electrons. The molecule has 3 rings (SSSR count). The zero-order valence-electron chi connectivity index (χ0n) is 11.7. The fourth-order valence-electron chi connectivity index (χ4n) is 2.76. The maximum atomic E-state index is 8.90. The van der Waals surface area contributed by atoms with Crippen LogP contribution in [-0.4, -0.2) is 41.0 Å². The minimum Gasteiger partial charge on any atom is -0.367 e. The summed E-state index contributed by atoms with van der Waals surface area (Å²) in [5.74, 6) is 0.887. The fraction of sp³-hybridized carbons (Fsp3) is 0.467. The van der Waals surface area contributed by atoms with Crippen LogP contribution >= 0.6 is 0 Å². The molecule has 104 valence electrons. The molecule has 20 heavy (non-hydrogen) atoms. The van der Waals surface area contributed by atoms with Crippen LogP contribution in [0.5, 0.6) is 0 Å². The van der Waals surface area contributed by atoms with E-state index in [9.17, 15) is 0 Å². The van der Waals surface area contributed by atoms with Gasteiger partial charge in [0.1, 0.15) is 17.6 Å². The van der Waals surface area contributed by atoms with Gasteiger partial charge < -0.3 is 15.2 Å². The number of nitriles is 1. The number of nitrogens with one attached hydrogen (secondary N) is 2. The van der Waals surface area contributed by atoms with Gasteiger partial charge >= 0.3 is 0 Å². The van der Waals surface area contributed by atoms with Crippen LogP contribution in [0.4, 0.5) is 5.82 Å². The molecular formula is C15H19N5. The molecule has 1 saturated heterocycles. The summed E-state index contributed by atoms with van der Waals surface area (Å²) >= 11 is 0. The molecule has 3 heterocycles. The van der Waals surface area contributed by atoms with E-state index in [4.69, 9.17) is 5.26 Å². The van der Waals surface area contributed by atoms with Crippen molar-refractivity contribution in [2.75, 3.05) is 25.5 Å². The Bertz CT molecular complexity index is 639. The third-order valence-corrected chi connectivity index (χ3v) is 3.93. The predicted octanol–water partition coefficient (Wildman–Crippen LogP) is 2.33. The van der Waals surface area contributed by atoms with E-state index in [1.165, 1.54) is 19.4 Å². The SMILES string of the molecule is CN1CCCC(Nc2cc3[nH]c(C#N)cc3cn2)CC1. The highest BCUT2D eigenvalue weighted by molar-refractivity contribution is 5.82. The number of aromatic nitrogens is 2. The minimum atomic E-state index is 0.482. The number of likely N-dealkylation sites (tertiary alicyclic amines) is 1. The molecule has 2 aromatic heterocycles. The van der Waals surface area contributed by atoms with Crippen molar-refractivity contribution in [2.24, 2.45) is 0 Å². The maximum Gasteiger partial charge on any atom is 0.128 e. The normalized spacial score (nSPS) is 20.5. The number of anilines is 1. The van der Waals surface area contributed by atoms with Crippen LogP contribution in [0, 0.1) is 11.3 Å². The van der Waals surface area contributed by atoms with Crippen molar-refractivity contribution < 1.29 is 0 Å². The molecule has 1 aliphatic rings. The second-order valence-electron chi connectivity index (χ2n) is 5.53. The zero-order chi connectivity index (χ0) is 13.9. The fourth-order valence-corrected chi connectivity index (χ4v) is 2.76. The lowest BCUT2D eigenvalue weighted by Crippen LogP contribution is -2.23. The Kier molecular flexibility index (Phi) is 3.57. The van der Waals surface area contributed by atoms with Crippen LogP contribution in [-0.2, 0) is 0 Å². The summed E-state index contributed by atoms with van der Waals surface area (Å²) in [6.45, 7) is 2.30. The molecule has 2 aromatic rings. The first-order valence-corrected chi connectivity index (χ1v) is 7.08. The average molecular weight is 269 g/mol. The topological polar surface area (TPSA) is 67.7 Å². The molecule has 0 bridgehead atoms. The number of pyridine rings is 1. The molecule has 0 amide bonds. The molecule has 5 heteroatoms. The van der Waals surface area contributed by atoms with Gasteiger partial charge in [0.2, 0.25) is 0 Å². The van der Waals surface area contributed by atoms with Gasteiger partial charge in [0.05, 0.1) is 5.52 Å². The van der Waals surface area contributed by atoms with Crippen molar-refractivity contribution in [3.8, 4) is 6.07 Å². The smallest absolute Gasteiger partial charge is 0.128 e. The summed E-state index contributed by atoms with van der Waals surface area (Å²) in [5, 5.41) is 13.4. The Labute approximate surface area is 118 Å². The first-order valence-electron chi connectivity index (χ1n) is 7.08. The van der Waals surface area contributed by atoms with Gasteiger partial charge in [-0.2, -0.15) is 5.26 Å². The molecule has 0 aliphatic carbocycles. The third-order valence-electron chi connectivity index (χ3n) is 3.93. The Hall–Kier alpha value is -2.06. The third kappa shape index (κ3) is 2.75. The number of fused-ring (bicyclic) bond motifs is 1. The van der Waals surface area contributed by atoms with E-state index < -0.39 is 0 Å². The van der Waals surface area contributed by atoms with Crippen molar-refractivity contribution in [1.82, 2.24) is 14.9 Å². The van der Waals surface area contributed by atoms with Crippen LogP contribution in [0.25, 0.3) is 10.9 Å². The van der Waals surface area contributed by atoms with Gasteiger partial charge in [0.15, 0.2) is 0 Å². The summed E-state index contributed by atoms with van der Waals surface area (Å²) in [7, 11) is 2.18. The molecule has 1 atom stereocenters. The quantitative estimate of drug-likeness (QED) is 0.878. The van der Waals surface area contributed by atoms with Gasteiger partial charge in [0.25, 0.3) is 0 Å². The molecule has 2 N–H and O–H groups in total. The summed E-state index contributed by atoms with van der Waals surface area (Å²) in [6.07, 6.45) is 5.36. The Balaban J connectivity index is 1.75. The molecule has 0 aromatic carbocycles. The van der Waals surface area contributed by atoms with Crippen molar-refractivity contribution in [3.05, 3.63) is 24.0 Å². The summed E-state index contributed by atoms with van der Waals surface area (Å²) < 4.78 is 0. The Morgan fingerprint density at radius 3 is 3.15 bits per heavy atom. The van der Waals surface area contributed by atoms with E-state index >= 15 is 0 Å². The first kappa shape index (κ1) is 12.9. The van der Waals surface area contributed by atoms with E-state index in [0.717, 1.165) is 29.7 Å². The zero-order valence-corrected chi connectivity index (χ0v) is 11.7. The Morgan fingerprint density at radius 1 is 1.40 bits per heavy atom. The van der Waals surface area contributed by atoms with Gasteiger partial charge in [-0.15, -0.1) is 0 Å². The monoisotopic (exact) mass is 269 g/mol. The van der Waals surface area contributed by atoms with E-state index in [1.54, 1.807) is 0 Å². The number of aromatic amines is 1. The minimum absolute atomic E-state index is 0.482. The highest BCUT2D eigenvalue weighted by Gasteiger charge is 2.15. The van der Waals surface area contributed by atoms with Crippen LogP contribution < -0.4 is 5.32 Å². The van der Waals surface area contributed by atoms with Crippen LogP contribution in [0.2, 0.25) is 0 Å². The molecule has 0 saturated carbocycles. The second-order valence-corrected chi connectivity index (χ2v) is 5.53. The molecular weight excluding hydrogens is 250 g/mol. The molecule has 1 fully saturated rings. The van der Waals surface area contributed by atoms with Crippen molar-refractivity contribution >= 4 is 16.7 Å². The van der Waals surface area contributed by atoms with Crippen molar-refractivity contribution in [2.45, 2.75) is 25.3 Å². The highest BCUT2D eigenvalue weighted by atomic mass is 15.1. The number of hydrogen-bond acceptors (Lipinski definition) is 4. The highest BCUT2D eigenvalue weighted by Crippen LogP contribution is 2.20. The second kappa shape index (κ2) is 5.51. The van der Waals surface area contributed by atoms with E-state index in [1.807, 2.05) is 18.3 Å². The lowest BCUT2D eigenvalue weighted by molar-refractivity contribution is 0.348. The summed E-state index contributed by atoms with van der Waals surface area (Å²) in [4.78, 5) is 9.91. The lowest BCUT2D eigenvalue weighted by atomic mass is 10.1. The number of hydrogen-bond donors (Lipinski definition) is 2. The largest absolute Gasteiger partial charge is 0.367 e. The molecule has 1 aliphatic heterocycles. The van der Waals surface area contributed by atoms with Gasteiger partial charge in [-0.05, 0) is 45.5 Å². The van der Waals surface area contributed by atoms with Crippen LogP contribution in [0.1, 0.15) is 25.0 Å². The van der Waals surface area contributed by atoms with Crippen molar-refractivity contribution in [1.29, 1.82) is 5.26 Å². The van der Waals surface area contributed by atoms with Gasteiger partial charge in [-0.25, -0.2) is 4.98 Å². The summed E-state index contributed by atoms with van der Waals surface area (Å²) in [6, 6.07) is 6.42. The lowest BCUT2D eigenvalue weighted by Gasteiger charge is -2.17. The Morgan fingerprint density at radius 2 is 2.30 bits per heavy atom. The van der Waals surface area contributed by atoms with Crippen LogP contribution in [0.3, 0.4) is 0 Å². The van der Waals surface area contributed by atoms with Gasteiger partial charge in [-0.3, -0.25) is 0 Å². The van der Waals surface area contributed by atoms with Crippen LogP contribution in [0.15, 0.2) is 18.3 Å². The number of nitrogens with zero attached hydrogens (tertiary/aromatic N) is 3. The number of H-pyrrole nitrogens is 1. The maximum absolute atomic E-state index is 8.90. The van der Waals surface area contributed by atoms with Gasteiger partial charge in [0, 0.05) is 23.7 Å². The van der Waals surface area contributed by atoms with E-state index in [0.29, 0.717) is 11.7 Å². The average Bonchev–Trinajstić information content (AvgIpc) is 2.76. The number of rotatable bonds is 2. The standard InChI is InChI=1S/C15H19N5/c1-20-5-2-3-12(4-6-20)19-15-8-14-11(10-17-15)7-13(9-16)18-14/h7-8,10,12,18H,2-6H2,1H3,(H,17,19). The van der Waals surface area contributed by atoms with Gasteiger partial charge in [-0.1, -0.05) is 0 Å². The molecule has 0 spiro atoms. The summed E-state index contributed by atoms with van der Waals surface area (Å²) in [5.41, 5.74) is 1.54. The predicted molar refractivity (Wildman–Crippen MR) is 79.6 cm³/mol. The van der Waals surface area contributed by atoms with Crippen molar-refractivity contribution in [3.63, 3.8) is 0 Å². The van der Waals surface area contributed by atoms with E-state index in [2.05, 4.69) is 33.3 Å². The van der Waals surface area contributed by atoms with E-state index in [-0.39, 0.29) is 0 Å². The molecule has 5 nitrogen and oxygen atoms in total. The first-order chi connectivity index (χ1) is 9.74.